The van der Waals surface area contributed by atoms with Gasteiger partial charge in [0, 0.05) is 6.20 Å². The van der Waals surface area contributed by atoms with Crippen LogP contribution in [-0.2, 0) is 0 Å². The Bertz CT molecular complexity index is 445. The Morgan fingerprint density at radius 1 is 1.30 bits per heavy atom. The molecule has 0 aromatic carbocycles. The van der Waals surface area contributed by atoms with Crippen LogP contribution in [0.1, 0.15) is 13.3 Å². The van der Waals surface area contributed by atoms with E-state index in [4.69, 9.17) is 17.2 Å². The van der Waals surface area contributed by atoms with E-state index >= 15 is 0 Å². The monoisotopic (exact) mass is 288 g/mol. The highest BCUT2D eigenvalue weighted by molar-refractivity contribution is 6.04. The summed E-state index contributed by atoms with van der Waals surface area (Å²) in [5, 5.41) is 0. The number of hydrogen-bond acceptors (Lipinski definition) is 4. The molecular formula is C13H19F3N4. The molecule has 1 unspecified atom stereocenters. The highest BCUT2D eigenvalue weighted by Gasteiger charge is 2.37. The summed E-state index contributed by atoms with van der Waals surface area (Å²) in [6.45, 7) is 5.35. The zero-order valence-corrected chi connectivity index (χ0v) is 11.2. The van der Waals surface area contributed by atoms with Crippen molar-refractivity contribution in [2.45, 2.75) is 19.5 Å². The molecule has 6 N–H and O–H groups in total. The summed E-state index contributed by atoms with van der Waals surface area (Å²) in [6, 6.07) is 0. The first-order valence-electron chi connectivity index (χ1n) is 5.85. The van der Waals surface area contributed by atoms with Crippen molar-refractivity contribution in [3.8, 4) is 0 Å². The van der Waals surface area contributed by atoms with Gasteiger partial charge >= 0.3 is 6.18 Å². The van der Waals surface area contributed by atoms with Gasteiger partial charge in [0.1, 0.15) is 0 Å². The van der Waals surface area contributed by atoms with Crippen molar-refractivity contribution >= 4 is 5.71 Å². The largest absolute Gasteiger partial charge is 0.435 e. The van der Waals surface area contributed by atoms with Gasteiger partial charge in [0.05, 0.1) is 11.4 Å². The fourth-order valence-electron chi connectivity index (χ4n) is 1.27. The molecular weight excluding hydrogens is 269 g/mol. The molecule has 0 radical (unpaired) electrons. The summed E-state index contributed by atoms with van der Waals surface area (Å²) in [7, 11) is 0. The van der Waals surface area contributed by atoms with E-state index in [1.165, 1.54) is 12.3 Å². The summed E-state index contributed by atoms with van der Waals surface area (Å²) in [5.74, 6) is 0.00341. The Labute approximate surface area is 116 Å². The van der Waals surface area contributed by atoms with E-state index < -0.39 is 17.6 Å². The predicted molar refractivity (Wildman–Crippen MR) is 75.3 cm³/mol. The Hall–Kier alpha value is -2.18. The number of rotatable bonds is 6. The van der Waals surface area contributed by atoms with E-state index in [2.05, 4.69) is 11.6 Å². The highest BCUT2D eigenvalue weighted by atomic mass is 19.4. The number of alkyl halides is 3. The molecule has 0 bridgehead atoms. The number of aliphatic imine (C=N–C) groups is 1. The third-order valence-corrected chi connectivity index (χ3v) is 2.34. The van der Waals surface area contributed by atoms with Crippen LogP contribution in [0, 0.1) is 5.92 Å². The van der Waals surface area contributed by atoms with Crippen molar-refractivity contribution in [2.75, 3.05) is 0 Å². The number of halogens is 3. The van der Waals surface area contributed by atoms with Gasteiger partial charge in [0.25, 0.3) is 0 Å². The first kappa shape index (κ1) is 17.8. The van der Waals surface area contributed by atoms with Crippen LogP contribution in [0.4, 0.5) is 13.2 Å². The summed E-state index contributed by atoms with van der Waals surface area (Å²) in [5.41, 5.74) is 13.4. The maximum absolute atomic E-state index is 12.7. The molecule has 0 saturated carbocycles. The third-order valence-electron chi connectivity index (χ3n) is 2.34. The van der Waals surface area contributed by atoms with Gasteiger partial charge in [0.15, 0.2) is 5.71 Å². The van der Waals surface area contributed by atoms with Crippen LogP contribution in [0.25, 0.3) is 0 Å². The van der Waals surface area contributed by atoms with Crippen LogP contribution in [-0.4, -0.2) is 11.9 Å². The van der Waals surface area contributed by atoms with Gasteiger partial charge in [-0.05, 0) is 24.6 Å². The quantitative estimate of drug-likeness (QED) is 0.517. The zero-order valence-electron chi connectivity index (χ0n) is 11.2. The van der Waals surface area contributed by atoms with Crippen molar-refractivity contribution in [3.63, 3.8) is 0 Å². The molecule has 0 saturated heterocycles. The standard InChI is InChI=1S/C13H19F3N4/c1-3-10(6-7-17)5-4-9(2)20-12(11(19)8-18)13(14,15)16/h4-8,10H,2-3,17-19H2,1H3/b5-4-,7-6-,11-8+,20-12?. The average Bonchev–Trinajstić information content (AvgIpc) is 2.38. The topological polar surface area (TPSA) is 90.4 Å². The van der Waals surface area contributed by atoms with E-state index in [1.54, 1.807) is 12.2 Å². The first-order valence-corrected chi connectivity index (χ1v) is 5.85. The summed E-state index contributed by atoms with van der Waals surface area (Å²) in [6.07, 6.45) is 2.83. The zero-order chi connectivity index (χ0) is 15.8. The molecule has 0 aliphatic rings. The lowest BCUT2D eigenvalue weighted by Gasteiger charge is -2.10. The second-order valence-corrected chi connectivity index (χ2v) is 3.89. The van der Waals surface area contributed by atoms with Crippen LogP contribution in [0.2, 0.25) is 0 Å². The van der Waals surface area contributed by atoms with Crippen molar-refractivity contribution in [3.05, 3.63) is 48.6 Å². The maximum Gasteiger partial charge on any atom is 0.435 e. The van der Waals surface area contributed by atoms with E-state index in [9.17, 15) is 13.2 Å². The number of nitrogens with zero attached hydrogens (tertiary/aromatic N) is 1. The minimum absolute atomic E-state index is 0.00341. The molecule has 0 rings (SSSR count). The first-order chi connectivity index (χ1) is 9.26. The molecule has 0 heterocycles. The Morgan fingerprint density at radius 3 is 2.30 bits per heavy atom. The molecule has 1 atom stereocenters. The van der Waals surface area contributed by atoms with Gasteiger partial charge in [-0.2, -0.15) is 13.2 Å². The molecule has 0 spiro atoms. The molecule has 20 heavy (non-hydrogen) atoms. The van der Waals surface area contributed by atoms with E-state index in [-0.39, 0.29) is 11.6 Å². The van der Waals surface area contributed by atoms with Gasteiger partial charge in [-0.25, -0.2) is 4.99 Å². The smallest absolute Gasteiger partial charge is 0.405 e. The second kappa shape index (κ2) is 8.08. The van der Waals surface area contributed by atoms with Gasteiger partial charge in [-0.1, -0.05) is 25.7 Å². The second-order valence-electron chi connectivity index (χ2n) is 3.89. The van der Waals surface area contributed by atoms with E-state index in [0.29, 0.717) is 6.20 Å². The lowest BCUT2D eigenvalue weighted by molar-refractivity contribution is -0.0583. The van der Waals surface area contributed by atoms with Crippen molar-refractivity contribution < 1.29 is 13.2 Å². The van der Waals surface area contributed by atoms with Gasteiger partial charge in [0.2, 0.25) is 0 Å². The molecule has 0 amide bonds. The Morgan fingerprint density at radius 2 is 1.90 bits per heavy atom. The van der Waals surface area contributed by atoms with Crippen LogP contribution in [0.3, 0.4) is 0 Å². The molecule has 4 nitrogen and oxygen atoms in total. The fourth-order valence-corrected chi connectivity index (χ4v) is 1.27. The van der Waals surface area contributed by atoms with Crippen LogP contribution in [0.15, 0.2) is 53.6 Å². The Kier molecular flexibility index (Phi) is 7.20. The maximum atomic E-state index is 12.7. The minimum Gasteiger partial charge on any atom is -0.405 e. The van der Waals surface area contributed by atoms with Crippen LogP contribution in [0.5, 0.6) is 0 Å². The molecule has 0 aliphatic carbocycles. The predicted octanol–water partition coefficient (Wildman–Crippen LogP) is 2.32. The van der Waals surface area contributed by atoms with Gasteiger partial charge < -0.3 is 17.2 Å². The number of nitrogens with two attached hydrogens (primary N) is 3. The third kappa shape index (κ3) is 6.12. The lowest BCUT2D eigenvalue weighted by Crippen LogP contribution is -2.29. The fraction of sp³-hybridized carbons (Fsp3) is 0.308. The summed E-state index contributed by atoms with van der Waals surface area (Å²) >= 11 is 0. The van der Waals surface area contributed by atoms with Gasteiger partial charge in [-0.3, -0.25) is 0 Å². The van der Waals surface area contributed by atoms with Crippen molar-refractivity contribution in [1.29, 1.82) is 0 Å². The van der Waals surface area contributed by atoms with E-state index in [1.807, 2.05) is 6.92 Å². The number of hydrogen-bond donors (Lipinski definition) is 3. The molecule has 0 aromatic rings. The van der Waals surface area contributed by atoms with Crippen molar-refractivity contribution in [2.24, 2.45) is 28.1 Å². The Balaban J connectivity index is 5.18. The number of allylic oxidation sites excluding steroid dienone is 4. The minimum atomic E-state index is -4.70. The molecule has 112 valence electrons. The molecule has 0 aliphatic heterocycles. The van der Waals surface area contributed by atoms with Crippen LogP contribution < -0.4 is 17.2 Å². The highest BCUT2D eigenvalue weighted by Crippen LogP contribution is 2.21. The summed E-state index contributed by atoms with van der Waals surface area (Å²) < 4.78 is 38.1. The molecule has 0 fully saturated rings. The van der Waals surface area contributed by atoms with Crippen molar-refractivity contribution in [1.82, 2.24) is 0 Å². The normalized spacial score (nSPS) is 16.0. The summed E-state index contributed by atoms with van der Waals surface area (Å²) in [4.78, 5) is 3.37. The molecule has 7 heteroatoms. The lowest BCUT2D eigenvalue weighted by atomic mass is 10.1. The SMILES string of the molecule is C=C(/C=C\C(/C=C\N)CC)N=C(/C(N)=C\N)C(F)(F)F. The van der Waals surface area contributed by atoms with Crippen LogP contribution >= 0.6 is 0 Å². The molecule has 0 aromatic heterocycles. The average molecular weight is 288 g/mol. The van der Waals surface area contributed by atoms with E-state index in [0.717, 1.165) is 6.42 Å². The van der Waals surface area contributed by atoms with Gasteiger partial charge in [-0.15, -0.1) is 0 Å².